The zero-order valence-electron chi connectivity index (χ0n) is 13.7. The van der Waals surface area contributed by atoms with Gasteiger partial charge in [-0.3, -0.25) is 14.5 Å². The van der Waals surface area contributed by atoms with E-state index in [-0.39, 0.29) is 17.7 Å². The molecule has 0 spiro atoms. The average molecular weight is 310 g/mol. The number of hydrogen-bond acceptors (Lipinski definition) is 4. The van der Waals surface area contributed by atoms with E-state index >= 15 is 0 Å². The first-order chi connectivity index (χ1) is 10.3. The summed E-state index contributed by atoms with van der Waals surface area (Å²) in [6, 6.07) is -0.404. The van der Waals surface area contributed by atoms with Crippen LogP contribution in [-0.2, 0) is 14.3 Å². The molecule has 0 aromatic carbocycles. The van der Waals surface area contributed by atoms with Crippen molar-refractivity contribution in [1.82, 2.24) is 10.2 Å². The summed E-state index contributed by atoms with van der Waals surface area (Å²) < 4.78 is 5.37. The molecule has 1 saturated carbocycles. The van der Waals surface area contributed by atoms with Gasteiger partial charge in [-0.2, -0.15) is 0 Å². The summed E-state index contributed by atoms with van der Waals surface area (Å²) in [6.07, 6.45) is 3.51. The van der Waals surface area contributed by atoms with E-state index < -0.39 is 17.7 Å². The van der Waals surface area contributed by atoms with E-state index in [2.05, 4.69) is 5.32 Å². The van der Waals surface area contributed by atoms with Gasteiger partial charge in [0.05, 0.1) is 0 Å². The predicted octanol–water partition coefficient (Wildman–Crippen LogP) is 2.01. The van der Waals surface area contributed by atoms with E-state index in [0.29, 0.717) is 38.6 Å². The number of nitrogens with zero attached hydrogens (tertiary/aromatic N) is 1. The second-order valence-electron chi connectivity index (χ2n) is 7.15. The van der Waals surface area contributed by atoms with Crippen molar-refractivity contribution in [3.63, 3.8) is 0 Å². The average Bonchev–Trinajstić information content (AvgIpc) is 2.89. The predicted molar refractivity (Wildman–Crippen MR) is 81.4 cm³/mol. The van der Waals surface area contributed by atoms with Gasteiger partial charge >= 0.3 is 6.09 Å². The minimum Gasteiger partial charge on any atom is -0.444 e. The Bertz CT molecular complexity index is 446. The fraction of sp³-hybridized carbons (Fsp3) is 0.812. The summed E-state index contributed by atoms with van der Waals surface area (Å²) in [6.45, 7) is 6.00. The molecule has 0 radical (unpaired) electrons. The van der Waals surface area contributed by atoms with Gasteiger partial charge in [-0.05, 0) is 46.5 Å². The molecule has 6 heteroatoms. The van der Waals surface area contributed by atoms with Gasteiger partial charge in [0.25, 0.3) is 0 Å². The smallest absolute Gasteiger partial charge is 0.410 e. The summed E-state index contributed by atoms with van der Waals surface area (Å²) in [7, 11) is 0. The van der Waals surface area contributed by atoms with Gasteiger partial charge in [-0.25, -0.2) is 4.79 Å². The quantitative estimate of drug-likeness (QED) is 0.846. The minimum atomic E-state index is -0.565. The maximum atomic E-state index is 12.4. The van der Waals surface area contributed by atoms with E-state index in [1.807, 2.05) is 20.8 Å². The minimum absolute atomic E-state index is 0.0475. The van der Waals surface area contributed by atoms with Crippen LogP contribution in [0.15, 0.2) is 0 Å². The van der Waals surface area contributed by atoms with Crippen LogP contribution in [0.2, 0.25) is 0 Å². The number of ketones is 1. The van der Waals surface area contributed by atoms with E-state index in [4.69, 9.17) is 4.74 Å². The Morgan fingerprint density at radius 3 is 2.41 bits per heavy atom. The number of ether oxygens (including phenoxy) is 1. The monoisotopic (exact) mass is 310 g/mol. The molecule has 0 bridgehead atoms. The van der Waals surface area contributed by atoms with Crippen LogP contribution < -0.4 is 5.32 Å². The zero-order valence-corrected chi connectivity index (χ0v) is 13.7. The molecular formula is C16H26N2O4. The van der Waals surface area contributed by atoms with Gasteiger partial charge in [0, 0.05) is 25.4 Å². The third kappa shape index (κ3) is 4.45. The van der Waals surface area contributed by atoms with Crippen LogP contribution in [-0.4, -0.2) is 46.9 Å². The van der Waals surface area contributed by atoms with Gasteiger partial charge in [-0.15, -0.1) is 0 Å². The summed E-state index contributed by atoms with van der Waals surface area (Å²) in [4.78, 5) is 37.4. The summed E-state index contributed by atoms with van der Waals surface area (Å²) in [5, 5.41) is 2.99. The van der Waals surface area contributed by atoms with Crippen molar-refractivity contribution in [2.75, 3.05) is 6.54 Å². The van der Waals surface area contributed by atoms with E-state index in [9.17, 15) is 14.4 Å². The van der Waals surface area contributed by atoms with Gasteiger partial charge in [0.15, 0.2) is 0 Å². The Morgan fingerprint density at radius 2 is 1.82 bits per heavy atom. The third-order valence-corrected chi connectivity index (χ3v) is 4.07. The van der Waals surface area contributed by atoms with Crippen LogP contribution in [0.1, 0.15) is 59.3 Å². The van der Waals surface area contributed by atoms with E-state index in [1.165, 1.54) is 4.90 Å². The van der Waals surface area contributed by atoms with Crippen molar-refractivity contribution < 1.29 is 19.1 Å². The van der Waals surface area contributed by atoms with Crippen molar-refractivity contribution in [1.29, 1.82) is 0 Å². The molecule has 1 N–H and O–H groups in total. The van der Waals surface area contributed by atoms with Gasteiger partial charge in [-0.1, -0.05) is 0 Å². The number of Topliss-reactive ketones (excluding diaryl/α,β-unsaturated/α-hetero) is 1. The fourth-order valence-electron chi connectivity index (χ4n) is 2.96. The van der Waals surface area contributed by atoms with Crippen LogP contribution in [0.4, 0.5) is 4.79 Å². The first-order valence-electron chi connectivity index (χ1n) is 8.08. The zero-order chi connectivity index (χ0) is 16.3. The normalized spacial score (nSPS) is 23.5. The van der Waals surface area contributed by atoms with Crippen molar-refractivity contribution in [3.05, 3.63) is 0 Å². The molecule has 2 aliphatic rings. The molecule has 1 unspecified atom stereocenters. The Hall–Kier alpha value is -1.59. The second-order valence-corrected chi connectivity index (χ2v) is 7.15. The lowest BCUT2D eigenvalue weighted by atomic mass is 9.94. The maximum Gasteiger partial charge on any atom is 0.410 e. The Labute approximate surface area is 131 Å². The summed E-state index contributed by atoms with van der Waals surface area (Å²) >= 11 is 0. The molecule has 0 aromatic rings. The Kier molecular flexibility index (Phi) is 5.08. The molecule has 1 aliphatic heterocycles. The van der Waals surface area contributed by atoms with Crippen LogP contribution in [0, 0.1) is 0 Å². The highest BCUT2D eigenvalue weighted by Gasteiger charge is 2.37. The molecular weight excluding hydrogens is 284 g/mol. The molecule has 6 nitrogen and oxygen atoms in total. The van der Waals surface area contributed by atoms with Crippen LogP contribution in [0.25, 0.3) is 0 Å². The first-order valence-corrected chi connectivity index (χ1v) is 8.08. The van der Waals surface area contributed by atoms with Gasteiger partial charge < -0.3 is 10.1 Å². The third-order valence-electron chi connectivity index (χ3n) is 4.07. The lowest BCUT2D eigenvalue weighted by Crippen LogP contribution is -2.50. The van der Waals surface area contributed by atoms with E-state index in [1.54, 1.807) is 0 Å². The highest BCUT2D eigenvalue weighted by atomic mass is 16.6. The number of hydrogen-bond donors (Lipinski definition) is 1. The SMILES string of the molecule is CC(C)(C)OC(=O)N1CCCC1C(=O)NC1CCC(=O)CC1. The molecule has 1 atom stereocenters. The molecule has 2 fully saturated rings. The van der Waals surface area contributed by atoms with Crippen LogP contribution in [0.3, 0.4) is 0 Å². The molecule has 1 heterocycles. The molecule has 2 rings (SSSR count). The molecule has 2 amide bonds. The molecule has 0 aromatic heterocycles. The standard InChI is InChI=1S/C16H26N2O4/c1-16(2,3)22-15(21)18-10-4-5-13(18)14(20)17-11-6-8-12(19)9-7-11/h11,13H,4-10H2,1-3H3,(H,17,20). The number of carbonyl (C=O) groups is 3. The lowest BCUT2D eigenvalue weighted by molar-refractivity contribution is -0.127. The summed E-state index contributed by atoms with van der Waals surface area (Å²) in [5.41, 5.74) is -0.565. The highest BCUT2D eigenvalue weighted by molar-refractivity contribution is 5.87. The second kappa shape index (κ2) is 6.67. The van der Waals surface area contributed by atoms with Crippen molar-refractivity contribution in [3.8, 4) is 0 Å². The van der Waals surface area contributed by atoms with Crippen LogP contribution in [0.5, 0.6) is 0 Å². The largest absolute Gasteiger partial charge is 0.444 e. The maximum absolute atomic E-state index is 12.4. The Balaban J connectivity index is 1.90. The molecule has 1 saturated heterocycles. The van der Waals surface area contributed by atoms with Crippen molar-refractivity contribution in [2.45, 2.75) is 77.0 Å². The molecule has 22 heavy (non-hydrogen) atoms. The number of carbonyl (C=O) groups excluding carboxylic acids is 3. The molecule has 124 valence electrons. The van der Waals surface area contributed by atoms with Gasteiger partial charge in [0.2, 0.25) is 5.91 Å². The van der Waals surface area contributed by atoms with Gasteiger partial charge in [0.1, 0.15) is 17.4 Å². The fourth-order valence-corrected chi connectivity index (χ4v) is 2.96. The van der Waals surface area contributed by atoms with Crippen LogP contribution >= 0.6 is 0 Å². The first kappa shape index (κ1) is 16.8. The number of nitrogens with one attached hydrogen (secondary N) is 1. The van der Waals surface area contributed by atoms with E-state index in [0.717, 1.165) is 6.42 Å². The number of likely N-dealkylation sites (tertiary alicyclic amines) is 1. The summed E-state index contributed by atoms with van der Waals surface area (Å²) in [5.74, 6) is 0.143. The number of rotatable bonds is 2. The lowest BCUT2D eigenvalue weighted by Gasteiger charge is -2.29. The number of amides is 2. The molecule has 1 aliphatic carbocycles. The van der Waals surface area contributed by atoms with Crippen molar-refractivity contribution >= 4 is 17.8 Å². The van der Waals surface area contributed by atoms with Crippen molar-refractivity contribution in [2.24, 2.45) is 0 Å². The Morgan fingerprint density at radius 1 is 1.18 bits per heavy atom. The topological polar surface area (TPSA) is 75.7 Å². The highest BCUT2D eigenvalue weighted by Crippen LogP contribution is 2.22.